The van der Waals surface area contributed by atoms with E-state index in [0.717, 1.165) is 22.3 Å². The standard InChI is InChI=1S/C17H15NO4.Na/c19-16(20)9-18-17(21)22-10-15-13-7-3-1-5-11(13)12-6-2-4-8-14(12)15;/h1-8,15H,9-10H2,(H,18,21)(H,19,20);/q;+1/p-1. The molecule has 0 aromatic heterocycles. The summed E-state index contributed by atoms with van der Waals surface area (Å²) in [6.45, 7) is -0.399. The summed E-state index contributed by atoms with van der Waals surface area (Å²) in [5.41, 5.74) is 4.50. The molecule has 3 rings (SSSR count). The molecule has 1 aliphatic rings. The fraction of sp³-hybridized carbons (Fsp3) is 0.176. The molecule has 0 saturated carbocycles. The molecule has 0 aliphatic heterocycles. The van der Waals surface area contributed by atoms with Crippen molar-refractivity contribution in [1.82, 2.24) is 5.32 Å². The number of carboxylic acids is 1. The number of rotatable bonds is 4. The molecule has 0 spiro atoms. The minimum Gasteiger partial charge on any atom is -0.548 e. The van der Waals surface area contributed by atoms with Gasteiger partial charge in [-0.15, -0.1) is 0 Å². The number of fused-ring (bicyclic) bond motifs is 3. The first-order chi connectivity index (χ1) is 10.7. The number of nitrogens with one attached hydrogen (secondary N) is 1. The molecule has 23 heavy (non-hydrogen) atoms. The molecule has 1 aliphatic carbocycles. The second-order valence-corrected chi connectivity index (χ2v) is 5.05. The monoisotopic (exact) mass is 319 g/mol. The Labute approximate surface area is 156 Å². The Hall–Kier alpha value is -1.82. The molecule has 2 aromatic carbocycles. The molecule has 6 heteroatoms. The van der Waals surface area contributed by atoms with Crippen molar-refractivity contribution < 1.29 is 49.0 Å². The minimum absolute atomic E-state index is 0. The third kappa shape index (κ3) is 3.75. The Morgan fingerprint density at radius 1 is 1.00 bits per heavy atom. The van der Waals surface area contributed by atoms with Crippen LogP contribution in [0.1, 0.15) is 17.0 Å². The van der Waals surface area contributed by atoms with Gasteiger partial charge in [0, 0.05) is 5.92 Å². The van der Waals surface area contributed by atoms with Gasteiger partial charge in [-0.25, -0.2) is 4.79 Å². The smallest absolute Gasteiger partial charge is 0.548 e. The van der Waals surface area contributed by atoms with Crippen molar-refractivity contribution in [1.29, 1.82) is 0 Å². The SMILES string of the molecule is O=C([O-])CNC(=O)OCC1c2ccccc2-c2ccccc21.[Na+]. The number of hydrogen-bond acceptors (Lipinski definition) is 4. The maximum absolute atomic E-state index is 11.5. The van der Waals surface area contributed by atoms with Gasteiger partial charge in [0.1, 0.15) is 6.61 Å². The average molecular weight is 319 g/mol. The number of hydrogen-bond donors (Lipinski definition) is 1. The number of aliphatic carboxylic acids is 1. The van der Waals surface area contributed by atoms with Crippen molar-refractivity contribution >= 4 is 12.1 Å². The first-order valence-corrected chi connectivity index (χ1v) is 6.95. The predicted octanol–water partition coefficient (Wildman–Crippen LogP) is -1.72. The molecule has 1 amide bonds. The Kier molecular flexibility index (Phi) is 5.82. The molecular weight excluding hydrogens is 305 g/mol. The molecule has 0 saturated heterocycles. The van der Waals surface area contributed by atoms with Crippen molar-refractivity contribution in [3.05, 3.63) is 59.7 Å². The third-order valence-electron chi connectivity index (χ3n) is 3.72. The quantitative estimate of drug-likeness (QED) is 0.680. The summed E-state index contributed by atoms with van der Waals surface area (Å²) in [5, 5.41) is 12.4. The van der Waals surface area contributed by atoms with Crippen molar-refractivity contribution in [3.63, 3.8) is 0 Å². The Morgan fingerprint density at radius 2 is 1.52 bits per heavy atom. The Bertz CT molecular complexity index is 687. The minimum atomic E-state index is -1.35. The Morgan fingerprint density at radius 3 is 2.04 bits per heavy atom. The van der Waals surface area contributed by atoms with Crippen LogP contribution in [0, 0.1) is 0 Å². The van der Waals surface area contributed by atoms with Gasteiger partial charge in [0.2, 0.25) is 0 Å². The molecule has 0 heterocycles. The van der Waals surface area contributed by atoms with Crippen LogP contribution in [0.2, 0.25) is 0 Å². The fourth-order valence-electron chi connectivity index (χ4n) is 2.79. The topological polar surface area (TPSA) is 78.5 Å². The van der Waals surface area contributed by atoms with Crippen LogP contribution in [0.3, 0.4) is 0 Å². The molecule has 2 aromatic rings. The zero-order valence-electron chi connectivity index (χ0n) is 12.7. The predicted molar refractivity (Wildman–Crippen MR) is 78.1 cm³/mol. The van der Waals surface area contributed by atoms with Gasteiger partial charge < -0.3 is 20.0 Å². The van der Waals surface area contributed by atoms with E-state index in [0.29, 0.717) is 0 Å². The van der Waals surface area contributed by atoms with E-state index in [1.54, 1.807) is 0 Å². The first kappa shape index (κ1) is 17.5. The van der Waals surface area contributed by atoms with Crippen molar-refractivity contribution in [2.24, 2.45) is 0 Å². The van der Waals surface area contributed by atoms with E-state index in [9.17, 15) is 14.7 Å². The summed E-state index contributed by atoms with van der Waals surface area (Å²) < 4.78 is 5.15. The summed E-state index contributed by atoms with van der Waals surface area (Å²) in [5.74, 6) is -1.39. The van der Waals surface area contributed by atoms with Gasteiger partial charge in [-0.3, -0.25) is 0 Å². The van der Waals surface area contributed by atoms with E-state index >= 15 is 0 Å². The van der Waals surface area contributed by atoms with E-state index in [1.807, 2.05) is 48.5 Å². The summed E-state index contributed by atoms with van der Waals surface area (Å²) in [4.78, 5) is 21.8. The van der Waals surface area contributed by atoms with Crippen molar-refractivity contribution in [2.45, 2.75) is 5.92 Å². The number of ether oxygens (including phenoxy) is 1. The largest absolute Gasteiger partial charge is 1.00 e. The molecule has 0 fully saturated rings. The Balaban J connectivity index is 0.00000192. The van der Waals surface area contributed by atoms with Crippen LogP contribution in [0.25, 0.3) is 11.1 Å². The van der Waals surface area contributed by atoms with E-state index in [-0.39, 0.29) is 42.1 Å². The van der Waals surface area contributed by atoms with E-state index in [1.165, 1.54) is 0 Å². The van der Waals surface area contributed by atoms with Crippen LogP contribution >= 0.6 is 0 Å². The van der Waals surface area contributed by atoms with Crippen molar-refractivity contribution in [3.8, 4) is 11.1 Å². The van der Waals surface area contributed by atoms with Gasteiger partial charge in [-0.05, 0) is 22.3 Å². The zero-order chi connectivity index (χ0) is 15.5. The summed E-state index contributed by atoms with van der Waals surface area (Å²) in [7, 11) is 0. The van der Waals surface area contributed by atoms with Gasteiger partial charge in [-0.2, -0.15) is 0 Å². The number of benzene rings is 2. The number of amides is 1. The van der Waals surface area contributed by atoms with Crippen molar-refractivity contribution in [2.75, 3.05) is 13.2 Å². The van der Waals surface area contributed by atoms with Gasteiger partial charge in [-0.1, -0.05) is 48.5 Å². The van der Waals surface area contributed by atoms with Gasteiger partial charge in [0.25, 0.3) is 0 Å². The van der Waals surface area contributed by atoms with E-state index in [2.05, 4.69) is 5.32 Å². The van der Waals surface area contributed by atoms with Gasteiger partial charge in [0.15, 0.2) is 0 Å². The zero-order valence-corrected chi connectivity index (χ0v) is 14.7. The number of carbonyl (C=O) groups is 2. The molecule has 0 radical (unpaired) electrons. The second-order valence-electron chi connectivity index (χ2n) is 5.05. The van der Waals surface area contributed by atoms with Crippen LogP contribution in [0.4, 0.5) is 4.79 Å². The normalized spacial score (nSPS) is 11.8. The molecule has 1 N–H and O–H groups in total. The first-order valence-electron chi connectivity index (χ1n) is 6.95. The molecule has 0 atom stereocenters. The van der Waals surface area contributed by atoms with E-state index in [4.69, 9.17) is 4.74 Å². The molecular formula is C17H14NNaO4. The number of alkyl carbamates (subject to hydrolysis) is 1. The number of carboxylic acid groups (broad SMARTS) is 1. The van der Waals surface area contributed by atoms with Gasteiger partial charge in [0.05, 0.1) is 12.5 Å². The molecule has 5 nitrogen and oxygen atoms in total. The second kappa shape index (κ2) is 7.64. The maximum atomic E-state index is 11.5. The molecule has 0 bridgehead atoms. The average Bonchev–Trinajstić information content (AvgIpc) is 2.85. The van der Waals surface area contributed by atoms with Crippen LogP contribution in [0.5, 0.6) is 0 Å². The third-order valence-corrected chi connectivity index (χ3v) is 3.72. The molecule has 0 unspecified atom stereocenters. The summed E-state index contributed by atoms with van der Waals surface area (Å²) in [6, 6.07) is 16.0. The molecule has 112 valence electrons. The van der Waals surface area contributed by atoms with E-state index < -0.39 is 18.6 Å². The number of carbonyl (C=O) groups excluding carboxylic acids is 2. The fourth-order valence-corrected chi connectivity index (χ4v) is 2.79. The van der Waals surface area contributed by atoms with Gasteiger partial charge >= 0.3 is 35.7 Å². The summed E-state index contributed by atoms with van der Waals surface area (Å²) >= 11 is 0. The maximum Gasteiger partial charge on any atom is 1.00 e. The van der Waals surface area contributed by atoms with Crippen LogP contribution in [-0.2, 0) is 9.53 Å². The van der Waals surface area contributed by atoms with Crippen LogP contribution < -0.4 is 40.0 Å². The van der Waals surface area contributed by atoms with Crippen LogP contribution in [0.15, 0.2) is 48.5 Å². The summed E-state index contributed by atoms with van der Waals surface area (Å²) in [6.07, 6.45) is -0.758. The van der Waals surface area contributed by atoms with Crippen LogP contribution in [-0.4, -0.2) is 25.2 Å².